The lowest BCUT2D eigenvalue weighted by Crippen LogP contribution is -2.30. The van der Waals surface area contributed by atoms with Crippen LogP contribution in [0.4, 0.5) is 5.82 Å². The molecule has 0 amide bonds. The standard InChI is InChI=1S/C24H29N5O.C2H6/c1-17(19-7-5-6-18(13-19)15-28-10-11-29(26)16-28)12-21-22(14-27-24(21)25)20-8-3-4-9-23(20)30-2;1-2/h3-9,12-14,27H,10-11,15-16,25-26H2,1-2H3;1-2H3/b17-12+;. The molecule has 32 heavy (non-hydrogen) atoms. The van der Waals surface area contributed by atoms with Crippen molar-refractivity contribution in [3.63, 3.8) is 0 Å². The molecule has 2 aromatic carbocycles. The number of hydrazine groups is 1. The van der Waals surface area contributed by atoms with Crippen molar-refractivity contribution in [3.8, 4) is 16.9 Å². The Bertz CT molecular complexity index is 1060. The lowest BCUT2D eigenvalue weighted by molar-refractivity contribution is 0.245. The van der Waals surface area contributed by atoms with E-state index in [0.29, 0.717) is 5.82 Å². The number of hydrogen-bond donors (Lipinski definition) is 3. The Hall–Kier alpha value is -3.06. The van der Waals surface area contributed by atoms with Gasteiger partial charge in [-0.05, 0) is 35.8 Å². The van der Waals surface area contributed by atoms with Gasteiger partial charge in [0.1, 0.15) is 11.6 Å². The molecule has 2 heterocycles. The van der Waals surface area contributed by atoms with E-state index in [9.17, 15) is 0 Å². The molecule has 5 N–H and O–H groups in total. The maximum absolute atomic E-state index is 6.28. The molecule has 6 nitrogen and oxygen atoms in total. The summed E-state index contributed by atoms with van der Waals surface area (Å²) in [7, 11) is 1.69. The average molecular weight is 434 g/mol. The molecule has 0 bridgehead atoms. The van der Waals surface area contributed by atoms with E-state index < -0.39 is 0 Å². The van der Waals surface area contributed by atoms with E-state index in [1.54, 1.807) is 7.11 Å². The SMILES string of the molecule is CC.COc1ccccc1-c1c[nH]c(N)c1/C=C(\C)c1cccc(CN2CCN(N)C2)c1. The van der Waals surface area contributed by atoms with Crippen molar-refractivity contribution >= 4 is 17.5 Å². The zero-order chi connectivity index (χ0) is 23.1. The minimum Gasteiger partial charge on any atom is -0.496 e. The van der Waals surface area contributed by atoms with Crippen molar-refractivity contribution in [2.75, 3.05) is 32.6 Å². The van der Waals surface area contributed by atoms with Crippen LogP contribution in [0.1, 0.15) is 37.5 Å². The normalized spacial score (nSPS) is 14.8. The van der Waals surface area contributed by atoms with Gasteiger partial charge >= 0.3 is 0 Å². The number of nitrogen functional groups attached to an aromatic ring is 1. The Balaban J connectivity index is 0.00000141. The second-order valence-corrected chi connectivity index (χ2v) is 7.76. The second-order valence-electron chi connectivity index (χ2n) is 7.76. The molecule has 0 radical (unpaired) electrons. The summed E-state index contributed by atoms with van der Waals surface area (Å²) in [6.45, 7) is 9.73. The summed E-state index contributed by atoms with van der Waals surface area (Å²) in [6, 6.07) is 16.6. The fraction of sp³-hybridized carbons (Fsp3) is 0.308. The highest BCUT2D eigenvalue weighted by Gasteiger charge is 2.17. The molecular formula is C26H35N5O. The number of nitrogens with zero attached hydrogens (tertiary/aromatic N) is 2. The van der Waals surface area contributed by atoms with E-state index in [-0.39, 0.29) is 0 Å². The molecule has 0 atom stereocenters. The van der Waals surface area contributed by atoms with Crippen LogP contribution in [0.15, 0.2) is 54.7 Å². The molecule has 1 aromatic heterocycles. The molecule has 1 aliphatic heterocycles. The van der Waals surface area contributed by atoms with Crippen molar-refractivity contribution in [2.24, 2.45) is 5.84 Å². The second kappa shape index (κ2) is 11.0. The summed E-state index contributed by atoms with van der Waals surface area (Å²) >= 11 is 0. The summed E-state index contributed by atoms with van der Waals surface area (Å²) in [5.74, 6) is 7.36. The first kappa shape index (κ1) is 23.6. The predicted molar refractivity (Wildman–Crippen MR) is 135 cm³/mol. The first-order valence-electron chi connectivity index (χ1n) is 11.1. The molecule has 170 valence electrons. The largest absolute Gasteiger partial charge is 0.496 e. The summed E-state index contributed by atoms with van der Waals surface area (Å²) < 4.78 is 5.55. The number of aromatic nitrogens is 1. The first-order chi connectivity index (χ1) is 15.5. The van der Waals surface area contributed by atoms with Crippen molar-refractivity contribution in [1.29, 1.82) is 0 Å². The fourth-order valence-corrected chi connectivity index (χ4v) is 3.97. The van der Waals surface area contributed by atoms with Crippen LogP contribution < -0.4 is 16.3 Å². The topological polar surface area (TPSA) is 83.5 Å². The van der Waals surface area contributed by atoms with E-state index in [0.717, 1.165) is 54.3 Å². The summed E-state index contributed by atoms with van der Waals surface area (Å²) in [4.78, 5) is 5.51. The Morgan fingerprint density at radius 1 is 1.09 bits per heavy atom. The number of allylic oxidation sites excluding steroid dienone is 1. The lowest BCUT2D eigenvalue weighted by atomic mass is 9.98. The average Bonchev–Trinajstić information content (AvgIpc) is 3.40. The van der Waals surface area contributed by atoms with Crippen LogP contribution in [0.5, 0.6) is 5.75 Å². The maximum Gasteiger partial charge on any atom is 0.126 e. The van der Waals surface area contributed by atoms with Crippen LogP contribution in [-0.4, -0.2) is 41.8 Å². The highest BCUT2D eigenvalue weighted by atomic mass is 16.5. The quantitative estimate of drug-likeness (QED) is 0.486. The predicted octanol–water partition coefficient (Wildman–Crippen LogP) is 4.81. The van der Waals surface area contributed by atoms with Crippen LogP contribution >= 0.6 is 0 Å². The Morgan fingerprint density at radius 3 is 2.59 bits per heavy atom. The number of methoxy groups -OCH3 is 1. The third-order valence-corrected chi connectivity index (χ3v) is 5.58. The van der Waals surface area contributed by atoms with Gasteiger partial charge in [0.15, 0.2) is 0 Å². The number of nitrogens with one attached hydrogen (secondary N) is 1. The molecule has 6 heteroatoms. The van der Waals surface area contributed by atoms with Crippen LogP contribution in [0.3, 0.4) is 0 Å². The number of para-hydroxylation sites is 1. The van der Waals surface area contributed by atoms with Crippen LogP contribution in [0, 0.1) is 0 Å². The molecule has 1 fully saturated rings. The number of aromatic amines is 1. The number of ether oxygens (including phenoxy) is 1. The van der Waals surface area contributed by atoms with Gasteiger partial charge in [-0.1, -0.05) is 56.3 Å². The van der Waals surface area contributed by atoms with Gasteiger partial charge < -0.3 is 15.5 Å². The Labute approximate surface area is 191 Å². The zero-order valence-corrected chi connectivity index (χ0v) is 19.6. The van der Waals surface area contributed by atoms with Gasteiger partial charge in [-0.25, -0.2) is 5.01 Å². The Morgan fingerprint density at radius 2 is 1.88 bits per heavy atom. The molecule has 0 aliphatic carbocycles. The summed E-state index contributed by atoms with van der Waals surface area (Å²) in [6.07, 6.45) is 4.08. The first-order valence-corrected chi connectivity index (χ1v) is 11.1. The van der Waals surface area contributed by atoms with Gasteiger partial charge in [-0.2, -0.15) is 0 Å². The van der Waals surface area contributed by atoms with E-state index in [1.165, 1.54) is 11.1 Å². The number of H-pyrrole nitrogens is 1. The zero-order valence-electron chi connectivity index (χ0n) is 19.6. The smallest absolute Gasteiger partial charge is 0.126 e. The van der Waals surface area contributed by atoms with Crippen molar-refractivity contribution in [3.05, 3.63) is 71.4 Å². The van der Waals surface area contributed by atoms with Gasteiger partial charge in [0.25, 0.3) is 0 Å². The van der Waals surface area contributed by atoms with Gasteiger partial charge in [0, 0.05) is 42.5 Å². The summed E-state index contributed by atoms with van der Waals surface area (Å²) in [5.41, 5.74) is 12.9. The molecule has 3 aromatic rings. The highest BCUT2D eigenvalue weighted by Crippen LogP contribution is 2.36. The van der Waals surface area contributed by atoms with Gasteiger partial charge in [-0.15, -0.1) is 0 Å². The highest BCUT2D eigenvalue weighted by molar-refractivity contribution is 5.91. The third kappa shape index (κ3) is 5.40. The minimum atomic E-state index is 0.645. The maximum atomic E-state index is 6.28. The number of nitrogens with two attached hydrogens (primary N) is 2. The number of hydrogen-bond acceptors (Lipinski definition) is 5. The Kier molecular flexibility index (Phi) is 8.11. The van der Waals surface area contributed by atoms with Gasteiger partial charge in [-0.3, -0.25) is 10.7 Å². The van der Waals surface area contributed by atoms with Gasteiger partial charge in [0.05, 0.1) is 13.8 Å². The van der Waals surface area contributed by atoms with E-state index >= 15 is 0 Å². The molecule has 4 rings (SSSR count). The summed E-state index contributed by atoms with van der Waals surface area (Å²) in [5, 5.41) is 1.85. The van der Waals surface area contributed by atoms with Crippen LogP contribution in [0.25, 0.3) is 22.8 Å². The fourth-order valence-electron chi connectivity index (χ4n) is 3.97. The van der Waals surface area contributed by atoms with E-state index in [2.05, 4.69) is 47.1 Å². The number of benzene rings is 2. The monoisotopic (exact) mass is 433 g/mol. The molecular weight excluding hydrogens is 398 g/mol. The molecule has 1 saturated heterocycles. The lowest BCUT2D eigenvalue weighted by Gasteiger charge is -2.16. The van der Waals surface area contributed by atoms with Crippen molar-refractivity contribution < 1.29 is 4.74 Å². The van der Waals surface area contributed by atoms with Crippen molar-refractivity contribution in [2.45, 2.75) is 27.3 Å². The van der Waals surface area contributed by atoms with E-state index in [4.69, 9.17) is 16.3 Å². The van der Waals surface area contributed by atoms with Crippen LogP contribution in [0.2, 0.25) is 0 Å². The van der Waals surface area contributed by atoms with Crippen molar-refractivity contribution in [1.82, 2.24) is 14.9 Å². The molecule has 1 aliphatic rings. The van der Waals surface area contributed by atoms with Gasteiger partial charge in [0.2, 0.25) is 0 Å². The minimum absolute atomic E-state index is 0.645. The third-order valence-electron chi connectivity index (χ3n) is 5.58. The molecule has 0 saturated carbocycles. The number of anilines is 1. The molecule has 0 spiro atoms. The number of rotatable bonds is 6. The molecule has 0 unspecified atom stereocenters. The van der Waals surface area contributed by atoms with Crippen LogP contribution in [-0.2, 0) is 6.54 Å². The van der Waals surface area contributed by atoms with E-state index in [1.807, 2.05) is 49.3 Å².